The van der Waals surface area contributed by atoms with Crippen LogP contribution in [0, 0.1) is 0 Å². The fourth-order valence-electron chi connectivity index (χ4n) is 2.88. The molecule has 0 fully saturated rings. The number of nitrogens with zero attached hydrogens (tertiary/aromatic N) is 2. The molecule has 0 bridgehead atoms. The number of benzene rings is 1. The van der Waals surface area contributed by atoms with Crippen molar-refractivity contribution in [2.45, 2.75) is 59.0 Å². The molecule has 142 valence electrons. The smallest absolute Gasteiger partial charge is 0.0635 e. The van der Waals surface area contributed by atoms with Crippen LogP contribution in [0.4, 0.5) is 0 Å². The van der Waals surface area contributed by atoms with Gasteiger partial charge in [-0.15, -0.1) is 0 Å². The summed E-state index contributed by atoms with van der Waals surface area (Å²) < 4.78 is 0. The Labute approximate surface area is 154 Å². The van der Waals surface area contributed by atoms with E-state index in [0.29, 0.717) is 6.54 Å². The van der Waals surface area contributed by atoms with Crippen LogP contribution in [-0.2, 0) is 13.1 Å². The van der Waals surface area contributed by atoms with Crippen LogP contribution in [0.3, 0.4) is 0 Å². The lowest BCUT2D eigenvalue weighted by Crippen LogP contribution is -2.27. The largest absolute Gasteiger partial charge is 0.330 e. The van der Waals surface area contributed by atoms with E-state index >= 15 is 0 Å². The Bertz CT molecular complexity index is 436. The molecule has 0 aliphatic carbocycles. The van der Waals surface area contributed by atoms with E-state index in [2.05, 4.69) is 53.3 Å². The molecule has 0 heterocycles. The average molecular weight is 347 g/mol. The minimum atomic E-state index is 0.670. The number of unbranched alkanes of at least 4 members (excludes halogenated alkanes) is 1. The van der Waals surface area contributed by atoms with Gasteiger partial charge < -0.3 is 16.0 Å². The second-order valence-electron chi connectivity index (χ2n) is 6.64. The molecule has 3 N–H and O–H groups in total. The molecule has 25 heavy (non-hydrogen) atoms. The number of hydrogen-bond acceptors (Lipinski definition) is 4. The number of aliphatic imine (C=N–C) groups is 1. The predicted molar refractivity (Wildman–Crippen MR) is 110 cm³/mol. The zero-order valence-electron chi connectivity index (χ0n) is 16.3. The van der Waals surface area contributed by atoms with Gasteiger partial charge in [-0.3, -0.25) is 4.99 Å². The molecule has 0 spiro atoms. The second-order valence-corrected chi connectivity index (χ2v) is 6.64. The monoisotopic (exact) mass is 346 g/mol. The third kappa shape index (κ3) is 11.1. The normalized spacial score (nSPS) is 11.7. The van der Waals surface area contributed by atoms with Crippen molar-refractivity contribution in [3.8, 4) is 0 Å². The minimum absolute atomic E-state index is 0.670. The van der Waals surface area contributed by atoms with Crippen LogP contribution in [0.15, 0.2) is 29.3 Å². The summed E-state index contributed by atoms with van der Waals surface area (Å²) in [6, 6.07) is 8.74. The first-order valence-corrected chi connectivity index (χ1v) is 9.99. The molecule has 0 saturated heterocycles. The van der Waals surface area contributed by atoms with Gasteiger partial charge in [0.1, 0.15) is 0 Å². The van der Waals surface area contributed by atoms with Gasteiger partial charge in [0, 0.05) is 12.8 Å². The summed E-state index contributed by atoms with van der Waals surface area (Å²) in [6.07, 6.45) is 7.82. The van der Waals surface area contributed by atoms with Crippen molar-refractivity contribution < 1.29 is 0 Å². The van der Waals surface area contributed by atoms with Crippen LogP contribution in [0.2, 0.25) is 0 Å². The topological polar surface area (TPSA) is 53.6 Å². The lowest BCUT2D eigenvalue weighted by molar-refractivity contribution is 0.268. The molecule has 0 amide bonds. The molecule has 0 unspecified atom stereocenters. The van der Waals surface area contributed by atoms with E-state index in [9.17, 15) is 0 Å². The van der Waals surface area contributed by atoms with Crippen molar-refractivity contribution in [1.82, 2.24) is 10.2 Å². The van der Waals surface area contributed by atoms with Crippen LogP contribution >= 0.6 is 0 Å². The summed E-state index contributed by atoms with van der Waals surface area (Å²) in [5, 5.41) is 3.56. The molecule has 0 saturated carbocycles. The minimum Gasteiger partial charge on any atom is -0.330 e. The van der Waals surface area contributed by atoms with Gasteiger partial charge in [-0.2, -0.15) is 0 Å². The van der Waals surface area contributed by atoms with Gasteiger partial charge in [0.25, 0.3) is 0 Å². The van der Waals surface area contributed by atoms with Crippen molar-refractivity contribution in [3.05, 3.63) is 35.4 Å². The maximum absolute atomic E-state index is 5.45. The zero-order chi connectivity index (χ0) is 18.2. The van der Waals surface area contributed by atoms with E-state index in [0.717, 1.165) is 26.1 Å². The van der Waals surface area contributed by atoms with E-state index in [1.54, 1.807) is 0 Å². The Morgan fingerprint density at radius 3 is 2.32 bits per heavy atom. The molecule has 0 aliphatic rings. The fourth-order valence-corrected chi connectivity index (χ4v) is 2.88. The first-order chi connectivity index (χ1) is 12.3. The van der Waals surface area contributed by atoms with Crippen LogP contribution in [-0.4, -0.2) is 43.8 Å². The number of hydrogen-bond donors (Lipinski definition) is 2. The van der Waals surface area contributed by atoms with E-state index in [-0.39, 0.29) is 0 Å². The molecular formula is C21H38N4. The molecule has 0 radical (unpaired) electrons. The van der Waals surface area contributed by atoms with Gasteiger partial charge >= 0.3 is 0 Å². The van der Waals surface area contributed by atoms with Gasteiger partial charge in [0.05, 0.1) is 6.54 Å². The van der Waals surface area contributed by atoms with Crippen LogP contribution < -0.4 is 11.1 Å². The molecule has 1 aromatic carbocycles. The lowest BCUT2D eigenvalue weighted by Gasteiger charge is -2.20. The maximum Gasteiger partial charge on any atom is 0.0635 e. The van der Waals surface area contributed by atoms with Crippen molar-refractivity contribution in [2.75, 3.05) is 32.7 Å². The summed E-state index contributed by atoms with van der Waals surface area (Å²) >= 11 is 0. The third-order valence-corrected chi connectivity index (χ3v) is 4.21. The molecule has 1 rings (SSSR count). The molecule has 1 aromatic rings. The molecule has 4 heteroatoms. The van der Waals surface area contributed by atoms with E-state index in [1.807, 2.05) is 6.21 Å². The summed E-state index contributed by atoms with van der Waals surface area (Å²) in [5.41, 5.74) is 8.04. The molecular weight excluding hydrogens is 308 g/mol. The second kappa shape index (κ2) is 15.1. The fraction of sp³-hybridized carbons (Fsp3) is 0.667. The summed E-state index contributed by atoms with van der Waals surface area (Å²) in [6.45, 7) is 11.7. The van der Waals surface area contributed by atoms with E-state index < -0.39 is 0 Å². The van der Waals surface area contributed by atoms with Gasteiger partial charge in [0.15, 0.2) is 0 Å². The van der Waals surface area contributed by atoms with Crippen LogP contribution in [0.5, 0.6) is 0 Å². The van der Waals surface area contributed by atoms with Crippen LogP contribution in [0.25, 0.3) is 0 Å². The van der Waals surface area contributed by atoms with Crippen molar-refractivity contribution in [1.29, 1.82) is 0 Å². The maximum atomic E-state index is 5.45. The van der Waals surface area contributed by atoms with Crippen molar-refractivity contribution >= 4 is 6.21 Å². The lowest BCUT2D eigenvalue weighted by atomic mass is 10.1. The van der Waals surface area contributed by atoms with E-state index in [1.165, 1.54) is 56.4 Å². The van der Waals surface area contributed by atoms with Gasteiger partial charge in [-0.25, -0.2) is 0 Å². The molecule has 0 atom stereocenters. The highest BCUT2D eigenvalue weighted by Gasteiger charge is 2.01. The first-order valence-electron chi connectivity index (χ1n) is 9.99. The highest BCUT2D eigenvalue weighted by atomic mass is 15.1. The molecule has 4 nitrogen and oxygen atoms in total. The van der Waals surface area contributed by atoms with Gasteiger partial charge in [-0.1, -0.05) is 38.1 Å². The number of nitrogens with two attached hydrogens (primary N) is 1. The number of rotatable bonds is 15. The van der Waals surface area contributed by atoms with E-state index in [4.69, 9.17) is 5.73 Å². The highest BCUT2D eigenvalue weighted by molar-refractivity contribution is 5.57. The molecule has 0 aliphatic heterocycles. The first kappa shape index (κ1) is 21.8. The summed E-state index contributed by atoms with van der Waals surface area (Å²) in [5.74, 6) is 0. The molecule has 0 aromatic heterocycles. The quantitative estimate of drug-likeness (QED) is 0.377. The van der Waals surface area contributed by atoms with Crippen molar-refractivity contribution in [3.63, 3.8) is 0 Å². The standard InChI is InChI=1S/C21H38N4/c1-3-15-25(16-4-2)17-6-5-13-23-18-20-8-10-21(11-9-20)19-24-14-7-12-22/h8-11,14,23H,3-7,12-13,15-19,22H2,1-2H3. The van der Waals surface area contributed by atoms with Gasteiger partial charge in [-0.05, 0) is 76.0 Å². The summed E-state index contributed by atoms with van der Waals surface area (Å²) in [4.78, 5) is 6.96. The third-order valence-electron chi connectivity index (χ3n) is 4.21. The Balaban J connectivity index is 2.13. The zero-order valence-corrected chi connectivity index (χ0v) is 16.3. The number of nitrogens with one attached hydrogen (secondary N) is 1. The van der Waals surface area contributed by atoms with Crippen LogP contribution in [0.1, 0.15) is 57.1 Å². The predicted octanol–water partition coefficient (Wildman–Crippen LogP) is 3.60. The SMILES string of the molecule is CCCN(CCC)CCCCNCc1ccc(CN=CCCN)cc1. The summed E-state index contributed by atoms with van der Waals surface area (Å²) in [7, 11) is 0. The highest BCUT2D eigenvalue weighted by Crippen LogP contribution is 2.06. The Kier molecular flexibility index (Phi) is 13.1. The Hall–Kier alpha value is -1.23. The Morgan fingerprint density at radius 2 is 1.68 bits per heavy atom. The van der Waals surface area contributed by atoms with Gasteiger partial charge in [0.2, 0.25) is 0 Å². The van der Waals surface area contributed by atoms with Crippen molar-refractivity contribution in [2.24, 2.45) is 10.7 Å². The average Bonchev–Trinajstić information content (AvgIpc) is 2.63. The Morgan fingerprint density at radius 1 is 1.00 bits per heavy atom.